The number of carbonyl (C=O) groups is 2. The summed E-state index contributed by atoms with van der Waals surface area (Å²) >= 11 is 0. The lowest BCUT2D eigenvalue weighted by Gasteiger charge is -2.38. The van der Waals surface area contributed by atoms with Crippen molar-refractivity contribution >= 4 is 11.8 Å². The Morgan fingerprint density at radius 1 is 0.588 bits per heavy atom. The number of hydrogen-bond acceptors (Lipinski definition) is 4. The number of imide groups is 1. The van der Waals surface area contributed by atoms with Crippen LogP contribution >= 0.6 is 0 Å². The highest BCUT2D eigenvalue weighted by Gasteiger charge is 2.35. The summed E-state index contributed by atoms with van der Waals surface area (Å²) in [6.07, 6.45) is 1.83. The minimum atomic E-state index is -0.147. The molecule has 0 unspecified atom stereocenters. The van der Waals surface area contributed by atoms with Crippen molar-refractivity contribution in [3.05, 3.63) is 95.1 Å². The Balaban J connectivity index is 1.02. The zero-order valence-electron chi connectivity index (χ0n) is 19.3. The van der Waals surface area contributed by atoms with Crippen molar-refractivity contribution in [3.63, 3.8) is 0 Å². The van der Waals surface area contributed by atoms with Crippen molar-refractivity contribution in [1.29, 1.82) is 0 Å². The molecule has 3 aromatic carbocycles. The van der Waals surface area contributed by atoms with E-state index < -0.39 is 0 Å². The SMILES string of the molecule is O=C1c2ccccc2C(=O)N1CCCCN1CCN(C2c3ccccc3-c3ccccc32)CC1. The van der Waals surface area contributed by atoms with Gasteiger partial charge in [-0.05, 0) is 53.8 Å². The standard InChI is InChI=1S/C29H29N3O2/c33-28-25-13-5-6-14-26(25)29(34)32(28)16-8-7-15-30-17-19-31(20-18-30)27-23-11-3-1-9-21(23)22-10-2-4-12-24(22)27/h1-6,9-14,27H,7-8,15-20H2. The number of unbranched alkanes of at least 4 members (excludes halogenated alkanes) is 1. The average molecular weight is 452 g/mol. The van der Waals surface area contributed by atoms with Crippen LogP contribution in [0.5, 0.6) is 0 Å². The molecule has 2 amide bonds. The molecule has 0 aromatic heterocycles. The molecule has 1 fully saturated rings. The second kappa shape index (κ2) is 8.82. The molecule has 172 valence electrons. The molecule has 1 aliphatic carbocycles. The van der Waals surface area contributed by atoms with Crippen LogP contribution in [0, 0.1) is 0 Å². The lowest BCUT2D eigenvalue weighted by molar-refractivity contribution is 0.0647. The lowest BCUT2D eigenvalue weighted by atomic mass is 10.0. The summed E-state index contributed by atoms with van der Waals surface area (Å²) in [7, 11) is 0. The van der Waals surface area contributed by atoms with Crippen molar-refractivity contribution in [1.82, 2.24) is 14.7 Å². The van der Waals surface area contributed by atoms with Gasteiger partial charge in [-0.1, -0.05) is 60.7 Å². The zero-order valence-corrected chi connectivity index (χ0v) is 19.3. The highest BCUT2D eigenvalue weighted by atomic mass is 16.2. The lowest BCUT2D eigenvalue weighted by Crippen LogP contribution is -2.47. The third-order valence-electron chi connectivity index (χ3n) is 7.56. The number of carbonyl (C=O) groups excluding carboxylic acids is 2. The topological polar surface area (TPSA) is 43.9 Å². The van der Waals surface area contributed by atoms with Gasteiger partial charge in [0.1, 0.15) is 0 Å². The first kappa shape index (κ1) is 21.3. The Bertz CT molecular complexity index is 1160. The average Bonchev–Trinajstić information content (AvgIpc) is 3.34. The van der Waals surface area contributed by atoms with Gasteiger partial charge in [0.15, 0.2) is 0 Å². The maximum Gasteiger partial charge on any atom is 0.261 e. The van der Waals surface area contributed by atoms with Crippen molar-refractivity contribution in [2.24, 2.45) is 0 Å². The largest absolute Gasteiger partial charge is 0.301 e. The Hall–Kier alpha value is -3.28. The second-order valence-corrected chi connectivity index (χ2v) is 9.47. The van der Waals surface area contributed by atoms with Crippen molar-refractivity contribution in [2.75, 3.05) is 39.3 Å². The van der Waals surface area contributed by atoms with Crippen LogP contribution < -0.4 is 0 Å². The van der Waals surface area contributed by atoms with Gasteiger partial charge in [0.2, 0.25) is 0 Å². The van der Waals surface area contributed by atoms with E-state index in [1.165, 1.54) is 27.2 Å². The maximum atomic E-state index is 12.5. The highest BCUT2D eigenvalue weighted by molar-refractivity contribution is 6.21. The van der Waals surface area contributed by atoms with Gasteiger partial charge in [-0.3, -0.25) is 19.4 Å². The fourth-order valence-corrected chi connectivity index (χ4v) is 5.82. The number of rotatable bonds is 6. The first-order valence-electron chi connectivity index (χ1n) is 12.3. The summed E-state index contributed by atoms with van der Waals surface area (Å²) in [5.41, 5.74) is 6.69. The van der Waals surface area contributed by atoms with E-state index in [9.17, 15) is 9.59 Å². The van der Waals surface area contributed by atoms with E-state index in [0.29, 0.717) is 23.7 Å². The molecule has 0 spiro atoms. The molecule has 34 heavy (non-hydrogen) atoms. The van der Waals surface area contributed by atoms with Crippen LogP contribution in [0.1, 0.15) is 50.7 Å². The molecule has 1 saturated heterocycles. The number of nitrogens with zero attached hydrogens (tertiary/aromatic N) is 3. The fraction of sp³-hybridized carbons (Fsp3) is 0.310. The van der Waals surface area contributed by atoms with Crippen LogP contribution in [0.25, 0.3) is 11.1 Å². The molecule has 0 bridgehead atoms. The third kappa shape index (κ3) is 3.56. The molecule has 0 atom stereocenters. The molecule has 3 aromatic rings. The summed E-state index contributed by atoms with van der Waals surface area (Å²) in [6, 6.07) is 25.1. The predicted molar refractivity (Wildman–Crippen MR) is 133 cm³/mol. The summed E-state index contributed by atoms with van der Waals surface area (Å²) in [5, 5.41) is 0. The van der Waals surface area contributed by atoms with Gasteiger partial charge < -0.3 is 4.90 Å². The Morgan fingerprint density at radius 2 is 1.06 bits per heavy atom. The summed E-state index contributed by atoms with van der Waals surface area (Å²) in [6.45, 7) is 5.70. The smallest absolute Gasteiger partial charge is 0.261 e. The number of piperazine rings is 1. The normalized spacial score (nSPS) is 18.3. The quantitative estimate of drug-likeness (QED) is 0.410. The summed E-state index contributed by atoms with van der Waals surface area (Å²) in [4.78, 5) is 31.6. The van der Waals surface area contributed by atoms with E-state index >= 15 is 0 Å². The first-order valence-corrected chi connectivity index (χ1v) is 12.3. The van der Waals surface area contributed by atoms with E-state index in [2.05, 4.69) is 58.3 Å². The van der Waals surface area contributed by atoms with Crippen LogP contribution in [-0.2, 0) is 0 Å². The van der Waals surface area contributed by atoms with E-state index in [0.717, 1.165) is 45.6 Å². The van der Waals surface area contributed by atoms with E-state index in [1.807, 2.05) is 12.1 Å². The fourth-order valence-electron chi connectivity index (χ4n) is 5.82. The molecule has 0 saturated carbocycles. The van der Waals surface area contributed by atoms with Crippen LogP contribution in [0.4, 0.5) is 0 Å². The molecule has 2 heterocycles. The number of amides is 2. The Labute approximate surface area is 200 Å². The van der Waals surface area contributed by atoms with Gasteiger partial charge in [0.05, 0.1) is 17.2 Å². The summed E-state index contributed by atoms with van der Waals surface area (Å²) in [5.74, 6) is -0.294. The highest BCUT2D eigenvalue weighted by Crippen LogP contribution is 2.46. The van der Waals surface area contributed by atoms with E-state index in [4.69, 9.17) is 0 Å². The molecule has 5 nitrogen and oxygen atoms in total. The summed E-state index contributed by atoms with van der Waals surface area (Å²) < 4.78 is 0. The van der Waals surface area contributed by atoms with Gasteiger partial charge in [0.25, 0.3) is 11.8 Å². The molecular formula is C29H29N3O2. The van der Waals surface area contributed by atoms with Gasteiger partial charge >= 0.3 is 0 Å². The van der Waals surface area contributed by atoms with Gasteiger partial charge in [0, 0.05) is 32.7 Å². The van der Waals surface area contributed by atoms with Crippen molar-refractivity contribution in [3.8, 4) is 11.1 Å². The Morgan fingerprint density at radius 3 is 1.62 bits per heavy atom. The van der Waals surface area contributed by atoms with Crippen molar-refractivity contribution in [2.45, 2.75) is 18.9 Å². The molecule has 5 heteroatoms. The number of fused-ring (bicyclic) bond motifs is 4. The van der Waals surface area contributed by atoms with Crippen LogP contribution in [0.3, 0.4) is 0 Å². The minimum absolute atomic E-state index is 0.147. The molecule has 6 rings (SSSR count). The number of hydrogen-bond donors (Lipinski definition) is 0. The molecule has 0 radical (unpaired) electrons. The van der Waals surface area contributed by atoms with Crippen molar-refractivity contribution < 1.29 is 9.59 Å². The Kier molecular flexibility index (Phi) is 5.52. The molecule has 3 aliphatic rings. The van der Waals surface area contributed by atoms with E-state index in [1.54, 1.807) is 12.1 Å². The van der Waals surface area contributed by atoms with Crippen LogP contribution in [0.2, 0.25) is 0 Å². The zero-order chi connectivity index (χ0) is 23.1. The second-order valence-electron chi connectivity index (χ2n) is 9.47. The maximum absolute atomic E-state index is 12.5. The van der Waals surface area contributed by atoms with Gasteiger partial charge in [-0.25, -0.2) is 0 Å². The first-order chi connectivity index (χ1) is 16.7. The third-order valence-corrected chi connectivity index (χ3v) is 7.56. The van der Waals surface area contributed by atoms with Crippen LogP contribution in [-0.4, -0.2) is 65.8 Å². The minimum Gasteiger partial charge on any atom is -0.301 e. The number of benzene rings is 3. The van der Waals surface area contributed by atoms with E-state index in [-0.39, 0.29) is 11.8 Å². The predicted octanol–water partition coefficient (Wildman–Crippen LogP) is 4.45. The van der Waals surface area contributed by atoms with Gasteiger partial charge in [-0.15, -0.1) is 0 Å². The molecule has 2 aliphatic heterocycles. The molecule has 0 N–H and O–H groups in total. The van der Waals surface area contributed by atoms with Crippen LogP contribution in [0.15, 0.2) is 72.8 Å². The monoisotopic (exact) mass is 451 g/mol. The molecular weight excluding hydrogens is 422 g/mol. The van der Waals surface area contributed by atoms with Gasteiger partial charge in [-0.2, -0.15) is 0 Å².